The first kappa shape index (κ1) is 20.0. The van der Waals surface area contributed by atoms with Crippen molar-refractivity contribution in [1.82, 2.24) is 9.88 Å². The van der Waals surface area contributed by atoms with Gasteiger partial charge in [0.1, 0.15) is 5.56 Å². The second kappa shape index (κ2) is 7.02. The molecule has 3 rings (SSSR count). The van der Waals surface area contributed by atoms with E-state index < -0.39 is 17.0 Å². The van der Waals surface area contributed by atoms with Gasteiger partial charge in [-0.15, -0.1) is 0 Å². The molecule has 1 aliphatic carbocycles. The van der Waals surface area contributed by atoms with Gasteiger partial charge in [0, 0.05) is 23.4 Å². The van der Waals surface area contributed by atoms with Crippen molar-refractivity contribution in [3.63, 3.8) is 0 Å². The molecule has 6 heteroatoms. The van der Waals surface area contributed by atoms with E-state index in [1.165, 1.54) is 10.6 Å². The average Bonchev–Trinajstić information content (AvgIpc) is 2.60. The molecule has 2 N–H and O–H groups in total. The summed E-state index contributed by atoms with van der Waals surface area (Å²) in [5, 5.41) is 12.1. The molecule has 148 valence electrons. The van der Waals surface area contributed by atoms with E-state index in [0.29, 0.717) is 29.8 Å². The predicted octanol–water partition coefficient (Wildman–Crippen LogP) is 2.49. The summed E-state index contributed by atoms with van der Waals surface area (Å²) in [6, 6.07) is 10.4. The highest BCUT2D eigenvalue weighted by Crippen LogP contribution is 2.35. The minimum absolute atomic E-state index is 0.0774. The third-order valence-electron chi connectivity index (χ3n) is 4.99. The van der Waals surface area contributed by atoms with Gasteiger partial charge in [-0.1, -0.05) is 32.0 Å². The zero-order valence-electron chi connectivity index (χ0n) is 16.7. The summed E-state index contributed by atoms with van der Waals surface area (Å²) in [6.07, 6.45) is 0.915. The van der Waals surface area contributed by atoms with Gasteiger partial charge in [0.15, 0.2) is 5.78 Å². The second-order valence-corrected chi connectivity index (χ2v) is 8.83. The number of nitrogens with zero attached hydrogens (tertiary/aromatic N) is 1. The van der Waals surface area contributed by atoms with Gasteiger partial charge in [0.05, 0.1) is 12.1 Å². The number of para-hydroxylation sites is 1. The summed E-state index contributed by atoms with van der Waals surface area (Å²) in [5.74, 6) is -0.680. The molecule has 2 aromatic rings. The summed E-state index contributed by atoms with van der Waals surface area (Å²) in [4.78, 5) is 38.9. The number of aliphatic hydroxyl groups excluding tert-OH is 1. The zero-order valence-corrected chi connectivity index (χ0v) is 16.7. The summed E-state index contributed by atoms with van der Waals surface area (Å²) in [6.45, 7) is 7.04. The number of ketones is 1. The molecule has 0 aliphatic heterocycles. The van der Waals surface area contributed by atoms with Crippen molar-refractivity contribution in [1.29, 1.82) is 0 Å². The van der Waals surface area contributed by atoms with Gasteiger partial charge in [0.2, 0.25) is 0 Å². The average molecular weight is 382 g/mol. The van der Waals surface area contributed by atoms with E-state index in [1.807, 2.05) is 32.0 Å². The number of hydrogen-bond donors (Lipinski definition) is 2. The molecule has 1 aromatic carbocycles. The number of nitrogens with one attached hydrogen (secondary N) is 1. The van der Waals surface area contributed by atoms with E-state index in [9.17, 15) is 19.5 Å². The maximum absolute atomic E-state index is 13.3. The lowest BCUT2D eigenvalue weighted by molar-refractivity contribution is 0.0867. The molecule has 1 aliphatic rings. The normalized spacial score (nSPS) is 15.8. The number of Topliss-reactive ketones (excluding diaryl/α,β-unsaturated/α-hetero) is 1. The van der Waals surface area contributed by atoms with Crippen molar-refractivity contribution in [2.45, 2.75) is 46.1 Å². The van der Waals surface area contributed by atoms with Gasteiger partial charge in [-0.2, -0.15) is 0 Å². The minimum Gasteiger partial charge on any atom is -0.394 e. The van der Waals surface area contributed by atoms with E-state index in [-0.39, 0.29) is 23.4 Å². The smallest absolute Gasteiger partial charge is 0.268 e. The Morgan fingerprint density at radius 3 is 2.43 bits per heavy atom. The van der Waals surface area contributed by atoms with Crippen LogP contribution in [0.25, 0.3) is 5.69 Å². The molecule has 1 amide bonds. The van der Waals surface area contributed by atoms with E-state index in [2.05, 4.69) is 5.32 Å². The number of carbonyl (C=O) groups excluding carboxylic acids is 2. The Morgan fingerprint density at radius 1 is 1.18 bits per heavy atom. The van der Waals surface area contributed by atoms with Crippen LogP contribution < -0.4 is 10.9 Å². The van der Waals surface area contributed by atoms with Crippen molar-refractivity contribution in [3.05, 3.63) is 63.6 Å². The molecule has 0 radical (unpaired) electrons. The molecular weight excluding hydrogens is 356 g/mol. The van der Waals surface area contributed by atoms with Crippen molar-refractivity contribution in [2.75, 3.05) is 6.61 Å². The second-order valence-electron chi connectivity index (χ2n) is 8.83. The Hall–Kier alpha value is -2.73. The highest BCUT2D eigenvalue weighted by molar-refractivity contribution is 6.02. The number of carbonyl (C=O) groups is 2. The van der Waals surface area contributed by atoms with Crippen LogP contribution in [0, 0.1) is 5.41 Å². The van der Waals surface area contributed by atoms with Crippen LogP contribution >= 0.6 is 0 Å². The lowest BCUT2D eigenvalue weighted by Crippen LogP contribution is -2.48. The Balaban J connectivity index is 2.25. The fourth-order valence-electron chi connectivity index (χ4n) is 3.54. The van der Waals surface area contributed by atoms with Crippen LogP contribution in [0.5, 0.6) is 0 Å². The van der Waals surface area contributed by atoms with Crippen molar-refractivity contribution < 1.29 is 14.7 Å². The van der Waals surface area contributed by atoms with Gasteiger partial charge in [-0.25, -0.2) is 0 Å². The van der Waals surface area contributed by atoms with Crippen molar-refractivity contribution in [3.8, 4) is 5.69 Å². The molecule has 0 fully saturated rings. The Morgan fingerprint density at radius 2 is 1.82 bits per heavy atom. The largest absolute Gasteiger partial charge is 0.394 e. The summed E-state index contributed by atoms with van der Waals surface area (Å²) in [5.41, 5.74) is -0.0621. The molecule has 0 saturated carbocycles. The highest BCUT2D eigenvalue weighted by Gasteiger charge is 2.35. The zero-order chi connectivity index (χ0) is 20.7. The van der Waals surface area contributed by atoms with Crippen LogP contribution in [0.2, 0.25) is 0 Å². The monoisotopic (exact) mass is 382 g/mol. The molecule has 1 aromatic heterocycles. The number of pyridine rings is 1. The van der Waals surface area contributed by atoms with Crippen molar-refractivity contribution >= 4 is 11.7 Å². The first-order valence-corrected chi connectivity index (χ1v) is 9.36. The first-order valence-electron chi connectivity index (χ1n) is 9.36. The molecule has 1 heterocycles. The van der Waals surface area contributed by atoms with Crippen LogP contribution in [0.1, 0.15) is 60.5 Å². The maximum atomic E-state index is 13.3. The third-order valence-corrected chi connectivity index (χ3v) is 4.99. The van der Waals surface area contributed by atoms with Crippen LogP contribution in [-0.2, 0) is 6.42 Å². The third kappa shape index (κ3) is 3.78. The van der Waals surface area contributed by atoms with Crippen LogP contribution in [0.4, 0.5) is 0 Å². The number of benzene rings is 1. The molecule has 0 saturated heterocycles. The Bertz CT molecular complexity index is 988. The summed E-state index contributed by atoms with van der Waals surface area (Å²) >= 11 is 0. The fraction of sp³-hybridized carbons (Fsp3) is 0.409. The minimum atomic E-state index is -0.886. The van der Waals surface area contributed by atoms with Gasteiger partial charge >= 0.3 is 0 Å². The predicted molar refractivity (Wildman–Crippen MR) is 107 cm³/mol. The summed E-state index contributed by atoms with van der Waals surface area (Å²) < 4.78 is 1.48. The Labute approximate surface area is 164 Å². The van der Waals surface area contributed by atoms with Crippen LogP contribution in [0.3, 0.4) is 0 Å². The molecular formula is C22H26N2O4. The molecule has 0 spiro atoms. The van der Waals surface area contributed by atoms with E-state index in [0.717, 1.165) is 0 Å². The number of aliphatic hydroxyl groups is 1. The number of fused-ring (bicyclic) bond motifs is 1. The lowest BCUT2D eigenvalue weighted by Gasteiger charge is -2.32. The molecule has 0 bridgehead atoms. The number of aromatic nitrogens is 1. The maximum Gasteiger partial charge on any atom is 0.268 e. The lowest BCUT2D eigenvalue weighted by atomic mass is 9.75. The van der Waals surface area contributed by atoms with Gasteiger partial charge < -0.3 is 10.4 Å². The molecule has 0 atom stereocenters. The quantitative estimate of drug-likeness (QED) is 0.850. The number of amides is 1. The fourth-order valence-corrected chi connectivity index (χ4v) is 3.54. The summed E-state index contributed by atoms with van der Waals surface area (Å²) in [7, 11) is 0. The SMILES string of the molecule is CC1(C)CC(=O)c2cc(C(=O)NC(C)(C)CO)c(=O)n(-c3ccccc3)c2C1. The number of rotatable bonds is 4. The highest BCUT2D eigenvalue weighted by atomic mass is 16.3. The molecule has 6 nitrogen and oxygen atoms in total. The van der Waals surface area contributed by atoms with E-state index >= 15 is 0 Å². The first-order chi connectivity index (χ1) is 13.0. The Kier molecular flexibility index (Phi) is 5.02. The molecule has 0 unspecified atom stereocenters. The van der Waals surface area contributed by atoms with Gasteiger partial charge in [0.25, 0.3) is 11.5 Å². The van der Waals surface area contributed by atoms with Crippen molar-refractivity contribution in [2.24, 2.45) is 5.41 Å². The van der Waals surface area contributed by atoms with Crippen LogP contribution in [0.15, 0.2) is 41.2 Å². The van der Waals surface area contributed by atoms with E-state index in [4.69, 9.17) is 0 Å². The topological polar surface area (TPSA) is 88.4 Å². The standard InChI is InChI=1S/C22H26N2O4/c1-21(2)11-17-15(18(26)12-21)10-16(19(27)23-22(3,4)13-25)20(28)24(17)14-8-6-5-7-9-14/h5-10,25H,11-13H2,1-4H3,(H,23,27). The number of hydrogen-bond acceptors (Lipinski definition) is 4. The van der Waals surface area contributed by atoms with Gasteiger partial charge in [-0.3, -0.25) is 19.0 Å². The van der Waals surface area contributed by atoms with Crippen LogP contribution in [-0.4, -0.2) is 33.5 Å². The van der Waals surface area contributed by atoms with Gasteiger partial charge in [-0.05, 0) is 43.9 Å². The van der Waals surface area contributed by atoms with E-state index in [1.54, 1.807) is 26.0 Å². The molecule has 28 heavy (non-hydrogen) atoms.